The van der Waals surface area contributed by atoms with Crippen LogP contribution in [0.1, 0.15) is 17.2 Å². The van der Waals surface area contributed by atoms with Gasteiger partial charge in [-0.25, -0.2) is 9.37 Å². The van der Waals surface area contributed by atoms with E-state index in [9.17, 15) is 9.50 Å². The summed E-state index contributed by atoms with van der Waals surface area (Å²) >= 11 is 0. The highest BCUT2D eigenvalue weighted by Gasteiger charge is 2.15. The molecule has 2 unspecified atom stereocenters. The molecule has 2 heterocycles. The zero-order valence-electron chi connectivity index (χ0n) is 12.4. The SMILES string of the molecule is Nc1ccc(C2C=Cc3cc(OCC(O)CF)ccc3N2)cn1. The van der Waals surface area contributed by atoms with E-state index < -0.39 is 12.8 Å². The number of hydrogen-bond donors (Lipinski definition) is 3. The Morgan fingerprint density at radius 2 is 2.22 bits per heavy atom. The van der Waals surface area contributed by atoms with Crippen LogP contribution in [-0.2, 0) is 0 Å². The molecule has 3 rings (SSSR count). The van der Waals surface area contributed by atoms with Crippen LogP contribution in [0.4, 0.5) is 15.9 Å². The Balaban J connectivity index is 1.72. The van der Waals surface area contributed by atoms with Crippen molar-refractivity contribution in [3.63, 3.8) is 0 Å². The predicted molar refractivity (Wildman–Crippen MR) is 88.0 cm³/mol. The Morgan fingerprint density at radius 1 is 1.35 bits per heavy atom. The number of pyridine rings is 1. The topological polar surface area (TPSA) is 80.4 Å². The molecule has 1 aliphatic heterocycles. The predicted octanol–water partition coefficient (Wildman–Crippen LogP) is 2.55. The van der Waals surface area contributed by atoms with Gasteiger partial charge in [-0.1, -0.05) is 18.2 Å². The number of fused-ring (bicyclic) bond motifs is 1. The molecule has 120 valence electrons. The van der Waals surface area contributed by atoms with Crippen LogP contribution in [0, 0.1) is 0 Å². The minimum absolute atomic E-state index is 0.0238. The number of aliphatic hydroxyl groups is 1. The molecule has 4 N–H and O–H groups in total. The van der Waals surface area contributed by atoms with E-state index in [0.29, 0.717) is 11.6 Å². The number of nitrogens with one attached hydrogen (secondary N) is 1. The summed E-state index contributed by atoms with van der Waals surface area (Å²) in [5, 5.41) is 12.6. The standard InChI is InChI=1S/C17H18FN3O2/c18-8-13(22)10-23-14-3-5-15-11(7-14)1-4-16(21-15)12-2-6-17(19)20-9-12/h1-7,9,13,16,21-22H,8,10H2,(H2,19,20). The number of hydrogen-bond acceptors (Lipinski definition) is 5. The van der Waals surface area contributed by atoms with Gasteiger partial charge in [-0.2, -0.15) is 0 Å². The first kappa shape index (κ1) is 15.3. The van der Waals surface area contributed by atoms with Gasteiger partial charge in [-0.05, 0) is 29.8 Å². The van der Waals surface area contributed by atoms with E-state index in [2.05, 4.69) is 10.3 Å². The zero-order valence-corrected chi connectivity index (χ0v) is 12.4. The number of benzene rings is 1. The van der Waals surface area contributed by atoms with Gasteiger partial charge in [0.25, 0.3) is 0 Å². The van der Waals surface area contributed by atoms with Crippen LogP contribution in [-0.4, -0.2) is 29.5 Å². The quantitative estimate of drug-likeness (QED) is 0.790. The molecule has 0 spiro atoms. The molecular formula is C17H18FN3O2. The van der Waals surface area contributed by atoms with Crippen LogP contribution in [0.2, 0.25) is 0 Å². The van der Waals surface area contributed by atoms with Gasteiger partial charge >= 0.3 is 0 Å². The molecule has 0 saturated carbocycles. The third kappa shape index (κ3) is 3.60. The fraction of sp³-hybridized carbons (Fsp3) is 0.235. The van der Waals surface area contributed by atoms with Gasteiger partial charge in [0.15, 0.2) is 0 Å². The summed E-state index contributed by atoms with van der Waals surface area (Å²) in [5.74, 6) is 1.08. The molecule has 23 heavy (non-hydrogen) atoms. The molecule has 6 heteroatoms. The Labute approximate surface area is 133 Å². The number of alkyl halides is 1. The van der Waals surface area contributed by atoms with Crippen LogP contribution >= 0.6 is 0 Å². The van der Waals surface area contributed by atoms with Gasteiger partial charge in [-0.15, -0.1) is 0 Å². The van der Waals surface area contributed by atoms with E-state index >= 15 is 0 Å². The van der Waals surface area contributed by atoms with Crippen molar-refractivity contribution in [2.75, 3.05) is 24.3 Å². The summed E-state index contributed by atoms with van der Waals surface area (Å²) in [6.45, 7) is -0.879. The average molecular weight is 315 g/mol. The number of halogens is 1. The Morgan fingerprint density at radius 3 is 2.96 bits per heavy atom. The van der Waals surface area contributed by atoms with E-state index in [0.717, 1.165) is 16.8 Å². The van der Waals surface area contributed by atoms with Crippen molar-refractivity contribution >= 4 is 17.6 Å². The van der Waals surface area contributed by atoms with E-state index in [1.165, 1.54) is 0 Å². The Bertz CT molecular complexity index is 703. The molecule has 5 nitrogen and oxygen atoms in total. The molecular weight excluding hydrogens is 297 g/mol. The summed E-state index contributed by atoms with van der Waals surface area (Å²) < 4.78 is 17.6. The Hall–Kier alpha value is -2.60. The number of rotatable bonds is 5. The molecule has 0 saturated heterocycles. The first-order valence-electron chi connectivity index (χ1n) is 7.33. The van der Waals surface area contributed by atoms with Crippen molar-refractivity contribution in [2.24, 2.45) is 0 Å². The van der Waals surface area contributed by atoms with Gasteiger partial charge in [-0.3, -0.25) is 0 Å². The van der Waals surface area contributed by atoms with Crippen molar-refractivity contribution in [2.45, 2.75) is 12.1 Å². The first-order valence-corrected chi connectivity index (χ1v) is 7.33. The van der Waals surface area contributed by atoms with Crippen molar-refractivity contribution in [3.05, 3.63) is 53.7 Å². The average Bonchev–Trinajstić information content (AvgIpc) is 2.59. The number of aromatic nitrogens is 1. The maximum absolute atomic E-state index is 12.2. The molecule has 0 aliphatic carbocycles. The molecule has 2 atom stereocenters. The Kier molecular flexibility index (Phi) is 4.43. The summed E-state index contributed by atoms with van der Waals surface area (Å²) in [5.41, 5.74) is 8.56. The van der Waals surface area contributed by atoms with Gasteiger partial charge in [0.05, 0.1) is 6.04 Å². The number of aliphatic hydroxyl groups excluding tert-OH is 1. The van der Waals surface area contributed by atoms with Gasteiger partial charge in [0.2, 0.25) is 0 Å². The fourth-order valence-corrected chi connectivity index (χ4v) is 2.35. The molecule has 1 aromatic heterocycles. The van der Waals surface area contributed by atoms with E-state index in [1.54, 1.807) is 18.3 Å². The van der Waals surface area contributed by atoms with Crippen molar-refractivity contribution in [1.29, 1.82) is 0 Å². The van der Waals surface area contributed by atoms with Crippen LogP contribution in [0.15, 0.2) is 42.6 Å². The lowest BCUT2D eigenvalue weighted by Crippen LogP contribution is -2.19. The molecule has 0 amide bonds. The highest BCUT2D eigenvalue weighted by molar-refractivity contribution is 5.72. The summed E-state index contributed by atoms with van der Waals surface area (Å²) in [7, 11) is 0. The minimum Gasteiger partial charge on any atom is -0.491 e. The van der Waals surface area contributed by atoms with Gasteiger partial charge < -0.3 is 20.9 Å². The number of ether oxygens (including phenoxy) is 1. The normalized spacial score (nSPS) is 17.2. The second-order valence-corrected chi connectivity index (χ2v) is 5.37. The number of anilines is 2. The van der Waals surface area contributed by atoms with Gasteiger partial charge in [0, 0.05) is 17.4 Å². The van der Waals surface area contributed by atoms with Crippen LogP contribution in [0.25, 0.3) is 6.08 Å². The van der Waals surface area contributed by atoms with Gasteiger partial charge in [0.1, 0.15) is 31.0 Å². The lowest BCUT2D eigenvalue weighted by Gasteiger charge is -2.23. The molecule has 0 radical (unpaired) electrons. The van der Waals surface area contributed by atoms with E-state index in [4.69, 9.17) is 10.5 Å². The molecule has 1 aromatic carbocycles. The van der Waals surface area contributed by atoms with Crippen LogP contribution in [0.5, 0.6) is 5.75 Å². The molecule has 1 aliphatic rings. The van der Waals surface area contributed by atoms with Crippen LogP contribution in [0.3, 0.4) is 0 Å². The lowest BCUT2D eigenvalue weighted by molar-refractivity contribution is 0.0842. The van der Waals surface area contributed by atoms with Crippen molar-refractivity contribution < 1.29 is 14.2 Å². The van der Waals surface area contributed by atoms with Crippen molar-refractivity contribution in [1.82, 2.24) is 4.98 Å². The van der Waals surface area contributed by atoms with E-state index in [1.807, 2.05) is 30.4 Å². The zero-order chi connectivity index (χ0) is 16.2. The summed E-state index contributed by atoms with van der Waals surface area (Å²) in [6.07, 6.45) is 4.67. The van der Waals surface area contributed by atoms with Crippen molar-refractivity contribution in [3.8, 4) is 5.75 Å². The third-order valence-corrected chi connectivity index (χ3v) is 3.59. The maximum atomic E-state index is 12.2. The second-order valence-electron chi connectivity index (χ2n) is 5.37. The number of nitrogens with two attached hydrogens (primary N) is 1. The summed E-state index contributed by atoms with van der Waals surface area (Å²) in [4.78, 5) is 4.10. The molecule has 2 aromatic rings. The number of nitrogens with zero attached hydrogens (tertiary/aromatic N) is 1. The second kappa shape index (κ2) is 6.66. The monoisotopic (exact) mass is 315 g/mol. The van der Waals surface area contributed by atoms with Crippen LogP contribution < -0.4 is 15.8 Å². The molecule has 0 fully saturated rings. The first-order chi connectivity index (χ1) is 11.2. The smallest absolute Gasteiger partial charge is 0.123 e. The summed E-state index contributed by atoms with van der Waals surface area (Å²) in [6, 6.07) is 9.26. The minimum atomic E-state index is -1.10. The fourth-order valence-electron chi connectivity index (χ4n) is 2.35. The lowest BCUT2D eigenvalue weighted by atomic mass is 10.0. The molecule has 0 bridgehead atoms. The third-order valence-electron chi connectivity index (χ3n) is 3.59. The maximum Gasteiger partial charge on any atom is 0.123 e. The van der Waals surface area contributed by atoms with E-state index in [-0.39, 0.29) is 12.6 Å². The number of nitrogen functional groups attached to an aromatic ring is 1. The highest BCUT2D eigenvalue weighted by Crippen LogP contribution is 2.32. The highest BCUT2D eigenvalue weighted by atomic mass is 19.1. The largest absolute Gasteiger partial charge is 0.491 e.